The first-order valence-electron chi connectivity index (χ1n) is 5.06. The molecule has 1 amide bonds. The van der Waals surface area contributed by atoms with Crippen LogP contribution in [0, 0.1) is 5.41 Å². The van der Waals surface area contributed by atoms with E-state index >= 15 is 0 Å². The average Bonchev–Trinajstić information content (AvgIpc) is 2.18. The van der Waals surface area contributed by atoms with Crippen LogP contribution in [0.25, 0.3) is 0 Å². The number of halogens is 1. The van der Waals surface area contributed by atoms with Gasteiger partial charge in [-0.15, -0.1) is 0 Å². The lowest BCUT2D eigenvalue weighted by atomic mass is 9.95. The molecule has 0 saturated carbocycles. The predicted octanol–water partition coefficient (Wildman–Crippen LogP) is 3.13. The van der Waals surface area contributed by atoms with E-state index < -0.39 is 11.4 Å². The summed E-state index contributed by atoms with van der Waals surface area (Å²) in [5, 5.41) is 11.7. The Kier molecular flexibility index (Phi) is 3.93. The van der Waals surface area contributed by atoms with Gasteiger partial charge in [0.2, 0.25) is 5.91 Å². The number of benzene rings is 1. The van der Waals surface area contributed by atoms with Crippen molar-refractivity contribution in [1.29, 1.82) is 0 Å². The molecule has 1 aromatic rings. The van der Waals surface area contributed by atoms with Crippen LogP contribution in [0.5, 0.6) is 0 Å². The highest BCUT2D eigenvalue weighted by molar-refractivity contribution is 9.10. The number of hydrogen-bond donors (Lipinski definition) is 2. The van der Waals surface area contributed by atoms with Gasteiger partial charge < -0.3 is 10.4 Å². The van der Waals surface area contributed by atoms with E-state index in [0.29, 0.717) is 10.2 Å². The van der Waals surface area contributed by atoms with E-state index in [4.69, 9.17) is 5.11 Å². The van der Waals surface area contributed by atoms with Crippen LogP contribution < -0.4 is 5.32 Å². The average molecular weight is 300 g/mol. The molecule has 92 valence electrons. The molecule has 0 unspecified atom stereocenters. The number of rotatable bonds is 2. The highest BCUT2D eigenvalue weighted by Crippen LogP contribution is 2.23. The van der Waals surface area contributed by atoms with Gasteiger partial charge in [0.1, 0.15) is 0 Å². The summed E-state index contributed by atoms with van der Waals surface area (Å²) in [6, 6.07) is 4.71. The van der Waals surface area contributed by atoms with Gasteiger partial charge in [0.25, 0.3) is 0 Å². The van der Waals surface area contributed by atoms with Gasteiger partial charge >= 0.3 is 5.97 Å². The van der Waals surface area contributed by atoms with Crippen LogP contribution >= 0.6 is 15.9 Å². The summed E-state index contributed by atoms with van der Waals surface area (Å²) in [5.74, 6) is -1.29. The molecule has 5 heteroatoms. The molecule has 0 bridgehead atoms. The first kappa shape index (κ1) is 13.7. The minimum absolute atomic E-state index is 0.0666. The summed E-state index contributed by atoms with van der Waals surface area (Å²) < 4.78 is 0.656. The van der Waals surface area contributed by atoms with Gasteiger partial charge in [0, 0.05) is 9.89 Å². The molecular formula is C12H14BrNO3. The van der Waals surface area contributed by atoms with Crippen LogP contribution in [0.3, 0.4) is 0 Å². The number of aromatic carboxylic acids is 1. The molecule has 0 heterocycles. The van der Waals surface area contributed by atoms with Gasteiger partial charge in [-0.05, 0) is 18.2 Å². The van der Waals surface area contributed by atoms with Crippen LogP contribution in [-0.4, -0.2) is 17.0 Å². The Labute approximate surface area is 108 Å². The second-order valence-electron chi connectivity index (χ2n) is 4.70. The Bertz CT molecular complexity index is 463. The molecule has 0 aliphatic heterocycles. The van der Waals surface area contributed by atoms with Crippen molar-refractivity contribution in [1.82, 2.24) is 0 Å². The van der Waals surface area contributed by atoms with E-state index in [-0.39, 0.29) is 11.5 Å². The first-order chi connectivity index (χ1) is 7.71. The van der Waals surface area contributed by atoms with Gasteiger partial charge in [-0.3, -0.25) is 4.79 Å². The third kappa shape index (κ3) is 3.56. The smallest absolute Gasteiger partial charge is 0.337 e. The third-order valence-electron chi connectivity index (χ3n) is 2.14. The van der Waals surface area contributed by atoms with E-state index in [1.165, 1.54) is 6.07 Å². The molecule has 0 saturated heterocycles. The molecule has 0 aromatic heterocycles. The van der Waals surface area contributed by atoms with Crippen LogP contribution in [0.4, 0.5) is 5.69 Å². The maximum atomic E-state index is 11.8. The van der Waals surface area contributed by atoms with E-state index in [2.05, 4.69) is 21.2 Å². The van der Waals surface area contributed by atoms with Crippen molar-refractivity contribution in [3.63, 3.8) is 0 Å². The second-order valence-corrected chi connectivity index (χ2v) is 5.61. The summed E-state index contributed by atoms with van der Waals surface area (Å²) in [6.07, 6.45) is 0. The number of carboxylic acid groups (broad SMARTS) is 1. The zero-order valence-corrected chi connectivity index (χ0v) is 11.5. The summed E-state index contributed by atoms with van der Waals surface area (Å²) >= 11 is 3.19. The van der Waals surface area contributed by atoms with Crippen molar-refractivity contribution in [3.05, 3.63) is 28.2 Å². The molecule has 0 radical (unpaired) electrons. The summed E-state index contributed by atoms with van der Waals surface area (Å²) in [5.41, 5.74) is -0.194. The lowest BCUT2D eigenvalue weighted by Crippen LogP contribution is -2.28. The lowest BCUT2D eigenvalue weighted by Gasteiger charge is -2.18. The van der Waals surface area contributed by atoms with E-state index in [1.807, 2.05) is 0 Å². The Morgan fingerprint density at radius 3 is 2.35 bits per heavy atom. The minimum Gasteiger partial charge on any atom is -0.478 e. The van der Waals surface area contributed by atoms with Gasteiger partial charge in [0.15, 0.2) is 0 Å². The summed E-state index contributed by atoms with van der Waals surface area (Å²) in [7, 11) is 0. The number of hydrogen-bond acceptors (Lipinski definition) is 2. The minimum atomic E-state index is -1.07. The Morgan fingerprint density at radius 2 is 1.88 bits per heavy atom. The van der Waals surface area contributed by atoms with Gasteiger partial charge in [0.05, 0.1) is 11.3 Å². The van der Waals surface area contributed by atoms with Crippen molar-refractivity contribution < 1.29 is 14.7 Å². The Morgan fingerprint density at radius 1 is 1.29 bits per heavy atom. The molecule has 1 aromatic carbocycles. The van der Waals surface area contributed by atoms with Crippen molar-refractivity contribution in [2.45, 2.75) is 20.8 Å². The largest absolute Gasteiger partial charge is 0.478 e. The number of amides is 1. The van der Waals surface area contributed by atoms with E-state index in [1.54, 1.807) is 32.9 Å². The SMILES string of the molecule is CC(C)(C)C(=O)Nc1ccc(Br)cc1C(=O)O. The number of carbonyl (C=O) groups excluding carboxylic acids is 1. The third-order valence-corrected chi connectivity index (χ3v) is 2.63. The molecule has 2 N–H and O–H groups in total. The molecule has 1 rings (SSSR count). The maximum absolute atomic E-state index is 11.8. The Hall–Kier alpha value is -1.36. The summed E-state index contributed by atoms with van der Waals surface area (Å²) in [6.45, 7) is 5.30. The highest BCUT2D eigenvalue weighted by atomic mass is 79.9. The quantitative estimate of drug-likeness (QED) is 0.881. The molecule has 0 fully saturated rings. The molecular weight excluding hydrogens is 286 g/mol. The van der Waals surface area contributed by atoms with Gasteiger partial charge in [-0.1, -0.05) is 36.7 Å². The standard InChI is InChI=1S/C12H14BrNO3/c1-12(2,3)11(17)14-9-5-4-7(13)6-8(9)10(15)16/h4-6H,1-3H3,(H,14,17)(H,15,16). The zero-order valence-electron chi connectivity index (χ0n) is 9.87. The van der Waals surface area contributed by atoms with Crippen molar-refractivity contribution in [2.24, 2.45) is 5.41 Å². The molecule has 17 heavy (non-hydrogen) atoms. The molecule has 4 nitrogen and oxygen atoms in total. The Balaban J connectivity index is 3.07. The monoisotopic (exact) mass is 299 g/mol. The fraction of sp³-hybridized carbons (Fsp3) is 0.333. The summed E-state index contributed by atoms with van der Waals surface area (Å²) in [4.78, 5) is 22.8. The fourth-order valence-electron chi connectivity index (χ4n) is 1.11. The zero-order chi connectivity index (χ0) is 13.2. The van der Waals surface area contributed by atoms with Crippen LogP contribution in [-0.2, 0) is 4.79 Å². The molecule has 0 spiro atoms. The van der Waals surface area contributed by atoms with E-state index in [9.17, 15) is 9.59 Å². The molecule has 0 aliphatic carbocycles. The topological polar surface area (TPSA) is 66.4 Å². The van der Waals surface area contributed by atoms with E-state index in [0.717, 1.165) is 0 Å². The lowest BCUT2D eigenvalue weighted by molar-refractivity contribution is -0.123. The van der Waals surface area contributed by atoms with Crippen LogP contribution in [0.15, 0.2) is 22.7 Å². The molecule has 0 aliphatic rings. The number of nitrogens with one attached hydrogen (secondary N) is 1. The number of carbonyl (C=O) groups is 2. The maximum Gasteiger partial charge on any atom is 0.337 e. The van der Waals surface area contributed by atoms with Gasteiger partial charge in [-0.2, -0.15) is 0 Å². The van der Waals surface area contributed by atoms with Crippen LogP contribution in [0.1, 0.15) is 31.1 Å². The first-order valence-corrected chi connectivity index (χ1v) is 5.85. The number of anilines is 1. The highest BCUT2D eigenvalue weighted by Gasteiger charge is 2.23. The van der Waals surface area contributed by atoms with Crippen LogP contribution in [0.2, 0.25) is 0 Å². The molecule has 0 atom stereocenters. The van der Waals surface area contributed by atoms with Gasteiger partial charge in [-0.25, -0.2) is 4.79 Å². The fourth-order valence-corrected chi connectivity index (χ4v) is 1.47. The van der Waals surface area contributed by atoms with Crippen molar-refractivity contribution in [2.75, 3.05) is 5.32 Å². The predicted molar refractivity (Wildman–Crippen MR) is 69.2 cm³/mol. The second kappa shape index (κ2) is 4.87. The van der Waals surface area contributed by atoms with Crippen molar-refractivity contribution >= 4 is 33.5 Å². The normalized spacial score (nSPS) is 11.1. The van der Waals surface area contributed by atoms with Crippen molar-refractivity contribution in [3.8, 4) is 0 Å². The number of carboxylic acids is 1.